The van der Waals surface area contributed by atoms with Crippen LogP contribution in [-0.4, -0.2) is 29.2 Å². The van der Waals surface area contributed by atoms with Crippen LogP contribution < -0.4 is 14.2 Å². The van der Waals surface area contributed by atoms with Gasteiger partial charge in [-0.15, -0.1) is 0 Å². The summed E-state index contributed by atoms with van der Waals surface area (Å²) in [6.45, 7) is 5.87. The SMILES string of the molecule is CCCCCCCCCCCOc1ccc(C(=O)Oc2ccc(-c3ncc(OCCCCCCCC)cn3)cc2)cc1. The molecule has 0 amide bonds. The lowest BCUT2D eigenvalue weighted by Gasteiger charge is -2.08. The van der Waals surface area contributed by atoms with E-state index >= 15 is 0 Å². The Bertz CT molecular complexity index is 1110. The van der Waals surface area contributed by atoms with Crippen LogP contribution in [-0.2, 0) is 0 Å². The lowest BCUT2D eigenvalue weighted by molar-refractivity contribution is 0.0734. The number of carbonyl (C=O) groups excluding carboxylic acids is 1. The van der Waals surface area contributed by atoms with Gasteiger partial charge in [0.2, 0.25) is 0 Å². The predicted molar refractivity (Wildman–Crippen MR) is 170 cm³/mol. The maximum atomic E-state index is 12.6. The van der Waals surface area contributed by atoms with E-state index < -0.39 is 5.97 Å². The van der Waals surface area contributed by atoms with E-state index in [1.807, 2.05) is 24.3 Å². The van der Waals surface area contributed by atoms with Gasteiger partial charge in [0, 0.05) is 5.56 Å². The Balaban J connectivity index is 1.33. The lowest BCUT2D eigenvalue weighted by Crippen LogP contribution is -2.08. The minimum atomic E-state index is -0.406. The van der Waals surface area contributed by atoms with Gasteiger partial charge < -0.3 is 14.2 Å². The molecule has 6 nitrogen and oxygen atoms in total. The third-order valence-electron chi connectivity index (χ3n) is 7.32. The maximum Gasteiger partial charge on any atom is 0.343 e. The van der Waals surface area contributed by atoms with E-state index in [2.05, 4.69) is 23.8 Å². The summed E-state index contributed by atoms with van der Waals surface area (Å²) in [6.07, 6.45) is 22.4. The molecule has 228 valence electrons. The summed E-state index contributed by atoms with van der Waals surface area (Å²) in [5.74, 6) is 2.11. The molecule has 0 saturated heterocycles. The highest BCUT2D eigenvalue weighted by atomic mass is 16.5. The molecule has 1 heterocycles. The van der Waals surface area contributed by atoms with Crippen molar-refractivity contribution in [2.45, 2.75) is 110 Å². The van der Waals surface area contributed by atoms with E-state index in [0.717, 1.165) is 24.2 Å². The molecule has 0 fully saturated rings. The Morgan fingerprint density at radius 2 is 1.00 bits per heavy atom. The molecule has 2 aromatic carbocycles. The van der Waals surface area contributed by atoms with Crippen LogP contribution in [0, 0.1) is 0 Å². The van der Waals surface area contributed by atoms with Gasteiger partial charge in [-0.25, -0.2) is 14.8 Å². The Hall–Kier alpha value is -3.41. The largest absolute Gasteiger partial charge is 0.494 e. The number of ether oxygens (including phenoxy) is 3. The first-order valence-corrected chi connectivity index (χ1v) is 16.2. The Morgan fingerprint density at radius 3 is 1.52 bits per heavy atom. The lowest BCUT2D eigenvalue weighted by atomic mass is 10.1. The minimum absolute atomic E-state index is 0.406. The van der Waals surface area contributed by atoms with E-state index in [0.29, 0.717) is 36.1 Å². The van der Waals surface area contributed by atoms with Gasteiger partial charge in [-0.05, 0) is 61.4 Å². The zero-order valence-corrected chi connectivity index (χ0v) is 25.8. The molecule has 6 heteroatoms. The number of hydrogen-bond donors (Lipinski definition) is 0. The highest BCUT2D eigenvalue weighted by molar-refractivity contribution is 5.91. The second-order valence-electron chi connectivity index (χ2n) is 11.0. The molecule has 0 saturated carbocycles. The van der Waals surface area contributed by atoms with Crippen LogP contribution in [0.4, 0.5) is 0 Å². The van der Waals surface area contributed by atoms with Gasteiger partial charge in [0.05, 0.1) is 31.2 Å². The number of carbonyl (C=O) groups is 1. The quantitative estimate of drug-likeness (QED) is 0.0675. The van der Waals surface area contributed by atoms with E-state index in [9.17, 15) is 4.79 Å². The second kappa shape index (κ2) is 20.5. The van der Waals surface area contributed by atoms with Gasteiger partial charge in [-0.2, -0.15) is 0 Å². The monoisotopic (exact) mass is 574 g/mol. The Labute approximate surface area is 253 Å². The first kappa shape index (κ1) is 33.1. The molecule has 0 spiro atoms. The fourth-order valence-electron chi connectivity index (χ4n) is 4.74. The van der Waals surface area contributed by atoms with Gasteiger partial charge in [0.25, 0.3) is 0 Å². The molecule has 3 aromatic rings. The molecular weight excluding hydrogens is 524 g/mol. The smallest absolute Gasteiger partial charge is 0.343 e. The molecule has 0 aliphatic rings. The number of aromatic nitrogens is 2. The van der Waals surface area contributed by atoms with Crippen molar-refractivity contribution in [3.05, 3.63) is 66.5 Å². The number of rotatable bonds is 22. The van der Waals surface area contributed by atoms with Crippen molar-refractivity contribution in [1.29, 1.82) is 0 Å². The molecule has 3 rings (SSSR count). The zero-order chi connectivity index (χ0) is 29.7. The molecule has 0 unspecified atom stereocenters. The van der Waals surface area contributed by atoms with Gasteiger partial charge >= 0.3 is 5.97 Å². The third kappa shape index (κ3) is 13.1. The molecule has 42 heavy (non-hydrogen) atoms. The van der Waals surface area contributed by atoms with Crippen molar-refractivity contribution >= 4 is 5.97 Å². The number of unbranched alkanes of at least 4 members (excludes halogenated alkanes) is 13. The van der Waals surface area contributed by atoms with Crippen molar-refractivity contribution in [1.82, 2.24) is 9.97 Å². The van der Waals surface area contributed by atoms with E-state index in [4.69, 9.17) is 14.2 Å². The number of nitrogens with zero attached hydrogens (tertiary/aromatic N) is 2. The minimum Gasteiger partial charge on any atom is -0.494 e. The highest BCUT2D eigenvalue weighted by Crippen LogP contribution is 2.22. The third-order valence-corrected chi connectivity index (χ3v) is 7.32. The van der Waals surface area contributed by atoms with E-state index in [1.54, 1.807) is 36.7 Å². The summed E-state index contributed by atoms with van der Waals surface area (Å²) >= 11 is 0. The number of hydrogen-bond acceptors (Lipinski definition) is 6. The summed E-state index contributed by atoms with van der Waals surface area (Å²) in [5, 5.41) is 0. The number of benzene rings is 2. The topological polar surface area (TPSA) is 70.5 Å². The average Bonchev–Trinajstić information content (AvgIpc) is 3.02. The van der Waals surface area contributed by atoms with E-state index in [1.165, 1.54) is 83.5 Å². The predicted octanol–water partition coefficient (Wildman–Crippen LogP) is 10.0. The molecule has 0 aliphatic carbocycles. The van der Waals surface area contributed by atoms with Crippen molar-refractivity contribution in [2.75, 3.05) is 13.2 Å². The molecule has 0 radical (unpaired) electrons. The summed E-state index contributed by atoms with van der Waals surface area (Å²) < 4.78 is 17.2. The first-order chi connectivity index (χ1) is 20.7. The van der Waals surface area contributed by atoms with Crippen LogP contribution in [0.5, 0.6) is 17.2 Å². The zero-order valence-electron chi connectivity index (χ0n) is 25.8. The number of esters is 1. The molecular formula is C36H50N2O4. The summed E-state index contributed by atoms with van der Waals surface area (Å²) in [5.41, 5.74) is 1.32. The maximum absolute atomic E-state index is 12.6. The molecule has 0 N–H and O–H groups in total. The van der Waals surface area contributed by atoms with Crippen molar-refractivity contribution in [2.24, 2.45) is 0 Å². The Morgan fingerprint density at radius 1 is 0.548 bits per heavy atom. The normalized spacial score (nSPS) is 10.9. The van der Waals surface area contributed by atoms with Gasteiger partial charge in [0.15, 0.2) is 11.6 Å². The van der Waals surface area contributed by atoms with Crippen LogP contribution in [0.1, 0.15) is 121 Å². The van der Waals surface area contributed by atoms with Crippen molar-refractivity contribution in [3.8, 4) is 28.6 Å². The summed E-state index contributed by atoms with van der Waals surface area (Å²) in [6, 6.07) is 14.3. The van der Waals surface area contributed by atoms with Crippen LogP contribution >= 0.6 is 0 Å². The van der Waals surface area contributed by atoms with Gasteiger partial charge in [0.1, 0.15) is 11.5 Å². The van der Waals surface area contributed by atoms with Crippen molar-refractivity contribution < 1.29 is 19.0 Å². The average molecular weight is 575 g/mol. The van der Waals surface area contributed by atoms with Crippen LogP contribution in [0.3, 0.4) is 0 Å². The molecule has 1 aromatic heterocycles. The van der Waals surface area contributed by atoms with Crippen molar-refractivity contribution in [3.63, 3.8) is 0 Å². The fraction of sp³-hybridized carbons (Fsp3) is 0.528. The molecule has 0 atom stereocenters. The standard InChI is InChI=1S/C36H50N2O4/c1-3-5-7-9-11-12-13-15-16-26-40-32-22-20-31(21-23-32)36(39)42-33-24-18-30(19-25-33)35-37-28-34(29-38-35)41-27-17-14-10-8-6-4-2/h18-25,28-29H,3-17,26-27H2,1-2H3. The van der Waals surface area contributed by atoms with Crippen LogP contribution in [0.25, 0.3) is 11.4 Å². The molecule has 0 bridgehead atoms. The Kier molecular flexibility index (Phi) is 16.1. The first-order valence-electron chi connectivity index (χ1n) is 16.2. The molecule has 0 aliphatic heterocycles. The second-order valence-corrected chi connectivity index (χ2v) is 11.0. The van der Waals surface area contributed by atoms with Crippen LogP contribution in [0.2, 0.25) is 0 Å². The highest BCUT2D eigenvalue weighted by Gasteiger charge is 2.10. The fourth-order valence-corrected chi connectivity index (χ4v) is 4.74. The van der Waals surface area contributed by atoms with E-state index in [-0.39, 0.29) is 0 Å². The van der Waals surface area contributed by atoms with Gasteiger partial charge in [-0.1, -0.05) is 97.3 Å². The summed E-state index contributed by atoms with van der Waals surface area (Å²) in [4.78, 5) is 21.5. The summed E-state index contributed by atoms with van der Waals surface area (Å²) in [7, 11) is 0. The van der Waals surface area contributed by atoms with Crippen LogP contribution in [0.15, 0.2) is 60.9 Å². The van der Waals surface area contributed by atoms with Gasteiger partial charge in [-0.3, -0.25) is 0 Å².